The molecule has 1 aliphatic heterocycles. The number of hydrazone groups is 1. The fourth-order valence-corrected chi connectivity index (χ4v) is 3.59. The monoisotopic (exact) mass is 584 g/mol. The van der Waals surface area contributed by atoms with E-state index in [1.807, 2.05) is 0 Å². The predicted molar refractivity (Wildman–Crippen MR) is 133 cm³/mol. The number of carbonyl (C=O) groups is 2. The van der Waals surface area contributed by atoms with Crippen molar-refractivity contribution in [3.63, 3.8) is 0 Å². The van der Waals surface area contributed by atoms with Gasteiger partial charge in [-0.3, -0.25) is 9.80 Å². The molecule has 7 nitrogen and oxygen atoms in total. The standard InChI is InChI=1S/C22H19Cl4F3N4O3/c1-32(20(35)36-12-21(24,25)26)17-10-33(31-19(17)13-2-6-15(23)7-3-13)11-18(34)30-16-8-4-14(5-9-16)22(27,28)29/h2-9,17H,10-12H2,1H3,(H,30,34). The number of nitrogens with one attached hydrogen (secondary N) is 1. The number of benzene rings is 2. The van der Waals surface area contributed by atoms with Crippen molar-refractivity contribution < 1.29 is 27.5 Å². The van der Waals surface area contributed by atoms with Crippen molar-refractivity contribution in [1.29, 1.82) is 0 Å². The smallest absolute Gasteiger partial charge is 0.416 e. The number of likely N-dealkylation sites (N-methyl/N-ethyl adjacent to an activating group) is 1. The van der Waals surface area contributed by atoms with Crippen LogP contribution in [0.5, 0.6) is 0 Å². The molecule has 0 saturated carbocycles. The van der Waals surface area contributed by atoms with Crippen molar-refractivity contribution in [3.05, 3.63) is 64.7 Å². The molecule has 2 amide bonds. The molecule has 0 radical (unpaired) electrons. The fraction of sp³-hybridized carbons (Fsp3) is 0.318. The summed E-state index contributed by atoms with van der Waals surface area (Å²) in [5.41, 5.74) is 0.473. The number of carbonyl (C=O) groups excluding carboxylic acids is 2. The Balaban J connectivity index is 1.73. The largest absolute Gasteiger partial charge is 0.445 e. The van der Waals surface area contributed by atoms with Crippen LogP contribution in [0.1, 0.15) is 11.1 Å². The van der Waals surface area contributed by atoms with Gasteiger partial charge in [0.25, 0.3) is 0 Å². The molecule has 2 aromatic carbocycles. The number of nitrogens with zero attached hydrogens (tertiary/aromatic N) is 3. The molecule has 0 aromatic heterocycles. The van der Waals surface area contributed by atoms with Gasteiger partial charge in [0.1, 0.15) is 13.2 Å². The van der Waals surface area contributed by atoms with Gasteiger partial charge in [0.15, 0.2) is 0 Å². The predicted octanol–water partition coefficient (Wildman–Crippen LogP) is 5.82. The van der Waals surface area contributed by atoms with Gasteiger partial charge in [0.05, 0.1) is 23.9 Å². The zero-order valence-corrected chi connectivity index (χ0v) is 21.6. The van der Waals surface area contributed by atoms with E-state index in [9.17, 15) is 22.8 Å². The molecule has 0 aliphatic carbocycles. The molecule has 2 aromatic rings. The molecule has 1 atom stereocenters. The van der Waals surface area contributed by atoms with Gasteiger partial charge in [-0.15, -0.1) is 0 Å². The maximum absolute atomic E-state index is 12.7. The summed E-state index contributed by atoms with van der Waals surface area (Å²) in [4.78, 5) is 26.4. The number of amides is 2. The van der Waals surface area contributed by atoms with Crippen molar-refractivity contribution in [2.75, 3.05) is 32.1 Å². The molecular formula is C22H19Cl4F3N4O3. The fourth-order valence-electron chi connectivity index (χ4n) is 3.30. The first-order chi connectivity index (χ1) is 16.7. The second-order valence-corrected chi connectivity index (χ2v) is 10.7. The number of halogens is 7. The highest BCUT2D eigenvalue weighted by Crippen LogP contribution is 2.30. The maximum atomic E-state index is 12.7. The van der Waals surface area contributed by atoms with E-state index in [0.29, 0.717) is 16.3 Å². The minimum Gasteiger partial charge on any atom is -0.445 e. The Kier molecular flexibility index (Phi) is 8.87. The van der Waals surface area contributed by atoms with Gasteiger partial charge in [0.2, 0.25) is 9.70 Å². The van der Waals surface area contributed by atoms with Crippen LogP contribution in [0.15, 0.2) is 53.6 Å². The van der Waals surface area contributed by atoms with Crippen molar-refractivity contribution >= 4 is 69.8 Å². The normalized spacial score (nSPS) is 15.9. The average molecular weight is 586 g/mol. The van der Waals surface area contributed by atoms with E-state index < -0.39 is 40.2 Å². The van der Waals surface area contributed by atoms with E-state index in [0.717, 1.165) is 24.3 Å². The molecule has 1 aliphatic rings. The first kappa shape index (κ1) is 28.2. The van der Waals surface area contributed by atoms with Gasteiger partial charge >= 0.3 is 12.3 Å². The SMILES string of the molecule is CN(C(=O)OCC(Cl)(Cl)Cl)C1CN(CC(=O)Nc2ccc(C(F)(F)F)cc2)N=C1c1ccc(Cl)cc1. The Morgan fingerprint density at radius 1 is 1.11 bits per heavy atom. The Labute approximate surface area is 224 Å². The summed E-state index contributed by atoms with van der Waals surface area (Å²) in [7, 11) is 1.47. The first-order valence-corrected chi connectivity index (χ1v) is 11.8. The lowest BCUT2D eigenvalue weighted by molar-refractivity contribution is -0.137. The lowest BCUT2D eigenvalue weighted by Crippen LogP contribution is -2.45. The molecule has 1 N–H and O–H groups in total. The van der Waals surface area contributed by atoms with E-state index in [4.69, 9.17) is 51.1 Å². The van der Waals surface area contributed by atoms with Crippen molar-refractivity contribution in [3.8, 4) is 0 Å². The van der Waals surface area contributed by atoms with Crippen LogP contribution in [0, 0.1) is 0 Å². The van der Waals surface area contributed by atoms with Crippen LogP contribution >= 0.6 is 46.4 Å². The van der Waals surface area contributed by atoms with Crippen LogP contribution in [-0.4, -0.2) is 64.2 Å². The lowest BCUT2D eigenvalue weighted by atomic mass is 10.0. The third-order valence-electron chi connectivity index (χ3n) is 5.03. The van der Waals surface area contributed by atoms with Crippen LogP contribution < -0.4 is 5.32 Å². The Morgan fingerprint density at radius 3 is 2.28 bits per heavy atom. The number of alkyl halides is 6. The molecule has 0 bridgehead atoms. The topological polar surface area (TPSA) is 74.2 Å². The summed E-state index contributed by atoms with van der Waals surface area (Å²) in [6, 6.07) is 10.1. The second kappa shape index (κ2) is 11.3. The molecule has 3 rings (SSSR count). The third kappa shape index (κ3) is 7.80. The minimum atomic E-state index is -4.48. The maximum Gasteiger partial charge on any atom is 0.416 e. The van der Waals surface area contributed by atoms with Gasteiger partial charge in [-0.25, -0.2) is 4.79 Å². The Hall–Kier alpha value is -2.40. The molecule has 1 heterocycles. The molecule has 0 saturated heterocycles. The number of hydrogen-bond acceptors (Lipinski definition) is 5. The van der Waals surface area contributed by atoms with Gasteiger partial charge in [-0.05, 0) is 36.4 Å². The molecule has 14 heteroatoms. The Morgan fingerprint density at radius 2 is 1.72 bits per heavy atom. The van der Waals surface area contributed by atoms with Gasteiger partial charge in [-0.2, -0.15) is 18.3 Å². The summed E-state index contributed by atoms with van der Waals surface area (Å²) in [5, 5.41) is 8.93. The van der Waals surface area contributed by atoms with E-state index >= 15 is 0 Å². The molecule has 194 valence electrons. The summed E-state index contributed by atoms with van der Waals surface area (Å²) in [6.45, 7) is -0.580. The molecule has 1 unspecified atom stereocenters. The van der Waals surface area contributed by atoms with Crippen LogP contribution in [0.3, 0.4) is 0 Å². The van der Waals surface area contributed by atoms with E-state index in [-0.39, 0.29) is 18.8 Å². The molecule has 0 spiro atoms. The number of anilines is 1. The van der Waals surface area contributed by atoms with Crippen molar-refractivity contribution in [1.82, 2.24) is 9.91 Å². The highest BCUT2D eigenvalue weighted by molar-refractivity contribution is 6.67. The highest BCUT2D eigenvalue weighted by Gasteiger charge is 2.36. The van der Waals surface area contributed by atoms with Gasteiger partial charge in [0, 0.05) is 23.3 Å². The van der Waals surface area contributed by atoms with E-state index in [1.54, 1.807) is 24.3 Å². The number of hydrogen-bond donors (Lipinski definition) is 1. The summed E-state index contributed by atoms with van der Waals surface area (Å²) >= 11 is 22.9. The van der Waals surface area contributed by atoms with Gasteiger partial charge < -0.3 is 15.0 Å². The average Bonchev–Trinajstić information content (AvgIpc) is 3.20. The second-order valence-electron chi connectivity index (χ2n) is 7.76. The summed E-state index contributed by atoms with van der Waals surface area (Å²) in [6.07, 6.45) is -5.25. The van der Waals surface area contributed by atoms with Crippen LogP contribution in [0.2, 0.25) is 5.02 Å². The number of ether oxygens (including phenoxy) is 1. The third-order valence-corrected chi connectivity index (χ3v) is 5.60. The zero-order chi connectivity index (χ0) is 26.7. The summed E-state index contributed by atoms with van der Waals surface area (Å²) in [5.74, 6) is -0.518. The van der Waals surface area contributed by atoms with Crippen molar-refractivity contribution in [2.24, 2.45) is 5.10 Å². The lowest BCUT2D eigenvalue weighted by Gasteiger charge is -2.26. The first-order valence-electron chi connectivity index (χ1n) is 10.3. The minimum absolute atomic E-state index is 0.123. The zero-order valence-electron chi connectivity index (χ0n) is 18.5. The highest BCUT2D eigenvalue weighted by atomic mass is 35.6. The number of rotatable bonds is 6. The van der Waals surface area contributed by atoms with E-state index in [1.165, 1.54) is 17.0 Å². The quantitative estimate of drug-likeness (QED) is 0.433. The molecule has 36 heavy (non-hydrogen) atoms. The van der Waals surface area contributed by atoms with Crippen molar-refractivity contribution in [2.45, 2.75) is 16.0 Å². The van der Waals surface area contributed by atoms with Crippen LogP contribution in [0.25, 0.3) is 0 Å². The van der Waals surface area contributed by atoms with Crippen LogP contribution in [0.4, 0.5) is 23.7 Å². The molecular weight excluding hydrogens is 567 g/mol. The van der Waals surface area contributed by atoms with E-state index in [2.05, 4.69) is 10.4 Å². The molecule has 0 fully saturated rings. The Bertz CT molecular complexity index is 1120. The van der Waals surface area contributed by atoms with Crippen LogP contribution in [-0.2, 0) is 15.7 Å². The summed E-state index contributed by atoms with van der Waals surface area (Å²) < 4.78 is 41.5. The van der Waals surface area contributed by atoms with Gasteiger partial charge in [-0.1, -0.05) is 58.5 Å².